The van der Waals surface area contributed by atoms with E-state index in [2.05, 4.69) is 4.98 Å². The first-order chi connectivity index (χ1) is 9.50. The van der Waals surface area contributed by atoms with Gasteiger partial charge in [-0.1, -0.05) is 0 Å². The predicted octanol–water partition coefficient (Wildman–Crippen LogP) is 0.585. The Morgan fingerprint density at radius 3 is 2.65 bits per heavy atom. The van der Waals surface area contributed by atoms with E-state index in [4.69, 9.17) is 5.11 Å². The average Bonchev–Trinajstić information content (AvgIpc) is 2.46. The molecule has 1 saturated heterocycles. The lowest BCUT2D eigenvalue weighted by Crippen LogP contribution is -2.52. The van der Waals surface area contributed by atoms with Crippen LogP contribution in [0.2, 0.25) is 0 Å². The lowest BCUT2D eigenvalue weighted by Gasteiger charge is -2.36. The lowest BCUT2D eigenvalue weighted by atomic mass is 10.2. The normalized spacial score (nSPS) is 17.8. The summed E-state index contributed by atoms with van der Waals surface area (Å²) in [5, 5.41) is 20.0. The van der Waals surface area contributed by atoms with Crippen LogP contribution in [0.1, 0.15) is 6.92 Å². The van der Waals surface area contributed by atoms with Crippen molar-refractivity contribution in [2.24, 2.45) is 0 Å². The molecule has 0 aromatic carbocycles. The molecule has 0 bridgehead atoms. The third-order valence-corrected chi connectivity index (χ3v) is 3.48. The number of piperazine rings is 1. The molecule has 8 heteroatoms. The molecule has 0 spiro atoms. The molecule has 1 N–H and O–H groups in total. The van der Waals surface area contributed by atoms with Crippen molar-refractivity contribution in [2.75, 3.05) is 31.1 Å². The van der Waals surface area contributed by atoms with E-state index in [9.17, 15) is 14.9 Å². The molecule has 108 valence electrons. The van der Waals surface area contributed by atoms with E-state index < -0.39 is 16.9 Å². The maximum Gasteiger partial charge on any atom is 0.320 e. The van der Waals surface area contributed by atoms with Crippen molar-refractivity contribution in [2.45, 2.75) is 13.0 Å². The number of anilines is 1. The van der Waals surface area contributed by atoms with Gasteiger partial charge in [0.25, 0.3) is 0 Å². The number of aromatic nitrogens is 1. The number of nitrogens with zero attached hydrogens (tertiary/aromatic N) is 4. The van der Waals surface area contributed by atoms with E-state index in [1.54, 1.807) is 6.92 Å². The quantitative estimate of drug-likeness (QED) is 0.636. The molecule has 1 aromatic rings. The summed E-state index contributed by atoms with van der Waals surface area (Å²) in [6.45, 7) is 3.77. The molecule has 2 heterocycles. The second kappa shape index (κ2) is 5.83. The summed E-state index contributed by atoms with van der Waals surface area (Å²) in [5.41, 5.74) is -0.0211. The summed E-state index contributed by atoms with van der Waals surface area (Å²) >= 11 is 0. The number of aliphatic carboxylic acids is 1. The Morgan fingerprint density at radius 2 is 2.10 bits per heavy atom. The van der Waals surface area contributed by atoms with E-state index in [1.807, 2.05) is 9.80 Å². The molecule has 20 heavy (non-hydrogen) atoms. The van der Waals surface area contributed by atoms with Gasteiger partial charge < -0.3 is 10.0 Å². The fourth-order valence-electron chi connectivity index (χ4n) is 2.25. The van der Waals surface area contributed by atoms with Gasteiger partial charge in [-0.3, -0.25) is 19.8 Å². The zero-order valence-corrected chi connectivity index (χ0v) is 11.1. The molecule has 1 aromatic heterocycles. The van der Waals surface area contributed by atoms with Crippen molar-refractivity contribution in [1.29, 1.82) is 0 Å². The second-order valence-electron chi connectivity index (χ2n) is 4.64. The fourth-order valence-corrected chi connectivity index (χ4v) is 2.25. The first-order valence-corrected chi connectivity index (χ1v) is 6.32. The molecular formula is C12H16N4O4. The van der Waals surface area contributed by atoms with Gasteiger partial charge in [-0.25, -0.2) is 4.98 Å². The molecule has 1 aliphatic rings. The number of carboxylic acids is 1. The number of pyridine rings is 1. The average molecular weight is 280 g/mol. The number of nitro groups is 1. The minimum absolute atomic E-state index is 0.0211. The highest BCUT2D eigenvalue weighted by molar-refractivity contribution is 5.73. The van der Waals surface area contributed by atoms with Gasteiger partial charge in [-0.2, -0.15) is 0 Å². The van der Waals surface area contributed by atoms with Crippen molar-refractivity contribution >= 4 is 17.5 Å². The number of hydrogen-bond donors (Lipinski definition) is 1. The maximum absolute atomic E-state index is 11.0. The van der Waals surface area contributed by atoms with Crippen LogP contribution in [0.15, 0.2) is 18.3 Å². The Labute approximate surface area is 115 Å². The third kappa shape index (κ3) is 2.85. The molecular weight excluding hydrogens is 264 g/mol. The van der Waals surface area contributed by atoms with Crippen LogP contribution in [-0.2, 0) is 4.79 Å². The molecule has 8 nitrogen and oxygen atoms in total. The van der Waals surface area contributed by atoms with Crippen molar-refractivity contribution in [3.8, 4) is 0 Å². The van der Waals surface area contributed by atoms with Gasteiger partial charge in [0.2, 0.25) is 5.82 Å². The fraction of sp³-hybridized carbons (Fsp3) is 0.500. The Balaban J connectivity index is 2.08. The Hall–Kier alpha value is -2.22. The van der Waals surface area contributed by atoms with E-state index in [0.29, 0.717) is 32.0 Å². The molecule has 2 rings (SSSR count). The van der Waals surface area contributed by atoms with Crippen molar-refractivity contribution < 1.29 is 14.8 Å². The summed E-state index contributed by atoms with van der Waals surface area (Å²) in [5.74, 6) is -0.512. The molecule has 1 unspecified atom stereocenters. The van der Waals surface area contributed by atoms with Crippen LogP contribution in [-0.4, -0.2) is 58.1 Å². The number of carboxylic acid groups (broad SMARTS) is 1. The van der Waals surface area contributed by atoms with Crippen molar-refractivity contribution in [1.82, 2.24) is 9.88 Å². The van der Waals surface area contributed by atoms with E-state index >= 15 is 0 Å². The third-order valence-electron chi connectivity index (χ3n) is 3.48. The largest absolute Gasteiger partial charge is 0.480 e. The molecule has 0 amide bonds. The van der Waals surface area contributed by atoms with Gasteiger partial charge in [-0.15, -0.1) is 0 Å². The minimum atomic E-state index is -0.859. The van der Waals surface area contributed by atoms with Gasteiger partial charge in [0.15, 0.2) is 0 Å². The second-order valence-corrected chi connectivity index (χ2v) is 4.64. The van der Waals surface area contributed by atoms with Crippen LogP contribution in [0.25, 0.3) is 0 Å². The number of carbonyl (C=O) groups is 1. The summed E-state index contributed by atoms with van der Waals surface area (Å²) < 4.78 is 0. The Kier molecular flexibility index (Phi) is 4.14. The molecule has 0 radical (unpaired) electrons. The van der Waals surface area contributed by atoms with E-state index in [1.165, 1.54) is 18.3 Å². The molecule has 0 aliphatic carbocycles. The SMILES string of the molecule is CC(C(=O)O)N1CCN(c2ncccc2[N+](=O)[O-])CC1. The van der Waals surface area contributed by atoms with Crippen LogP contribution in [0, 0.1) is 10.1 Å². The Bertz CT molecular complexity index is 514. The minimum Gasteiger partial charge on any atom is -0.480 e. The summed E-state index contributed by atoms with van der Waals surface area (Å²) in [6.07, 6.45) is 1.52. The van der Waals surface area contributed by atoms with Gasteiger partial charge in [0.05, 0.1) is 4.92 Å². The topological polar surface area (TPSA) is 99.8 Å². The maximum atomic E-state index is 11.0. The highest BCUT2D eigenvalue weighted by Crippen LogP contribution is 2.25. The summed E-state index contributed by atoms with van der Waals surface area (Å²) in [6, 6.07) is 2.41. The molecule has 0 saturated carbocycles. The van der Waals surface area contributed by atoms with Crippen LogP contribution in [0.5, 0.6) is 0 Å². The van der Waals surface area contributed by atoms with Gasteiger partial charge >= 0.3 is 11.7 Å². The van der Waals surface area contributed by atoms with Crippen LogP contribution in [0.3, 0.4) is 0 Å². The van der Waals surface area contributed by atoms with E-state index in [0.717, 1.165) is 0 Å². The van der Waals surface area contributed by atoms with Crippen LogP contribution >= 0.6 is 0 Å². The predicted molar refractivity (Wildman–Crippen MR) is 71.8 cm³/mol. The first-order valence-electron chi connectivity index (χ1n) is 6.32. The molecule has 1 atom stereocenters. The molecule has 1 fully saturated rings. The van der Waals surface area contributed by atoms with E-state index in [-0.39, 0.29) is 5.69 Å². The zero-order valence-electron chi connectivity index (χ0n) is 11.1. The number of hydrogen-bond acceptors (Lipinski definition) is 6. The Morgan fingerprint density at radius 1 is 1.45 bits per heavy atom. The standard InChI is InChI=1S/C12H16N4O4/c1-9(12(17)18)14-5-7-15(8-6-14)11-10(16(19)20)3-2-4-13-11/h2-4,9H,5-8H2,1H3,(H,17,18). The van der Waals surface area contributed by atoms with Crippen molar-refractivity contribution in [3.63, 3.8) is 0 Å². The lowest BCUT2D eigenvalue weighted by molar-refractivity contribution is -0.384. The first kappa shape index (κ1) is 14.2. The van der Waals surface area contributed by atoms with Gasteiger partial charge in [0, 0.05) is 38.4 Å². The van der Waals surface area contributed by atoms with Gasteiger partial charge in [-0.05, 0) is 13.0 Å². The summed E-state index contributed by atoms with van der Waals surface area (Å²) in [4.78, 5) is 29.2. The van der Waals surface area contributed by atoms with Crippen molar-refractivity contribution in [3.05, 3.63) is 28.4 Å². The summed E-state index contributed by atoms with van der Waals surface area (Å²) in [7, 11) is 0. The monoisotopic (exact) mass is 280 g/mol. The van der Waals surface area contributed by atoms with Crippen LogP contribution in [0.4, 0.5) is 11.5 Å². The van der Waals surface area contributed by atoms with Gasteiger partial charge in [0.1, 0.15) is 6.04 Å². The zero-order chi connectivity index (χ0) is 14.7. The highest BCUT2D eigenvalue weighted by Gasteiger charge is 2.28. The highest BCUT2D eigenvalue weighted by atomic mass is 16.6. The van der Waals surface area contributed by atoms with Crippen LogP contribution < -0.4 is 4.90 Å². The molecule has 1 aliphatic heterocycles. The number of rotatable bonds is 4. The smallest absolute Gasteiger partial charge is 0.320 e.